The van der Waals surface area contributed by atoms with Gasteiger partial charge in [-0.25, -0.2) is 4.39 Å². The van der Waals surface area contributed by atoms with Gasteiger partial charge in [-0.2, -0.15) is 10.2 Å². The topological polar surface area (TPSA) is 64.7 Å². The summed E-state index contributed by atoms with van der Waals surface area (Å²) >= 11 is 0. The van der Waals surface area contributed by atoms with Crippen LogP contribution in [-0.2, 0) is 13.6 Å². The second kappa shape index (κ2) is 6.27. The van der Waals surface area contributed by atoms with Crippen LogP contribution in [0.25, 0.3) is 0 Å². The van der Waals surface area contributed by atoms with Crippen LogP contribution in [0.1, 0.15) is 27.3 Å². The minimum Gasteiger partial charge on any atom is -0.305 e. The Morgan fingerprint density at radius 3 is 2.67 bits per heavy atom. The second-order valence-corrected chi connectivity index (χ2v) is 5.68. The average molecular weight is 327 g/mol. The van der Waals surface area contributed by atoms with Crippen LogP contribution in [0, 0.1) is 19.7 Å². The van der Waals surface area contributed by atoms with Crippen molar-refractivity contribution in [3.63, 3.8) is 0 Å². The quantitative estimate of drug-likeness (QED) is 0.801. The van der Waals surface area contributed by atoms with Crippen molar-refractivity contribution in [1.82, 2.24) is 19.6 Å². The number of nitrogens with one attached hydrogen (secondary N) is 1. The van der Waals surface area contributed by atoms with E-state index in [1.54, 1.807) is 53.8 Å². The number of benzene rings is 1. The van der Waals surface area contributed by atoms with Crippen LogP contribution < -0.4 is 5.32 Å². The highest BCUT2D eigenvalue weighted by Gasteiger charge is 2.15. The predicted molar refractivity (Wildman–Crippen MR) is 88.4 cm³/mol. The van der Waals surface area contributed by atoms with Crippen LogP contribution >= 0.6 is 0 Å². The van der Waals surface area contributed by atoms with E-state index in [0.717, 1.165) is 5.69 Å². The molecule has 6 nitrogen and oxygen atoms in total. The number of hydrogen-bond acceptors (Lipinski definition) is 3. The van der Waals surface area contributed by atoms with Crippen molar-refractivity contribution in [2.45, 2.75) is 20.4 Å². The number of aryl methyl sites for hydroxylation is 3. The molecule has 2 aromatic heterocycles. The molecular formula is C17H18FN5O. The summed E-state index contributed by atoms with van der Waals surface area (Å²) in [6, 6.07) is 8.32. The molecule has 7 heteroatoms. The number of carbonyl (C=O) groups excluding carboxylic acids is 1. The van der Waals surface area contributed by atoms with Crippen molar-refractivity contribution < 1.29 is 9.18 Å². The first-order valence-electron chi connectivity index (χ1n) is 7.53. The summed E-state index contributed by atoms with van der Waals surface area (Å²) in [6.45, 7) is 3.94. The third-order valence-electron chi connectivity index (χ3n) is 3.76. The number of anilines is 1. The van der Waals surface area contributed by atoms with Crippen molar-refractivity contribution in [2.24, 2.45) is 7.05 Å². The number of nitrogens with zero attached hydrogens (tertiary/aromatic N) is 4. The molecule has 0 saturated heterocycles. The van der Waals surface area contributed by atoms with Gasteiger partial charge in [0.2, 0.25) is 0 Å². The lowest BCUT2D eigenvalue weighted by Gasteiger charge is -2.05. The lowest BCUT2D eigenvalue weighted by molar-refractivity contribution is 0.102. The molecule has 0 saturated carbocycles. The summed E-state index contributed by atoms with van der Waals surface area (Å²) in [5.41, 5.74) is 2.53. The maximum Gasteiger partial charge on any atom is 0.260 e. The molecule has 3 rings (SSSR count). The molecule has 0 aliphatic rings. The van der Waals surface area contributed by atoms with Crippen molar-refractivity contribution in [3.8, 4) is 0 Å². The Labute approximate surface area is 138 Å². The minimum absolute atomic E-state index is 0.267. The smallest absolute Gasteiger partial charge is 0.260 e. The maximum atomic E-state index is 13.8. The Morgan fingerprint density at radius 1 is 1.25 bits per heavy atom. The number of aromatic nitrogens is 4. The molecule has 0 unspecified atom stereocenters. The van der Waals surface area contributed by atoms with Gasteiger partial charge in [0.25, 0.3) is 5.91 Å². The fraction of sp³-hybridized carbons (Fsp3) is 0.235. The zero-order valence-corrected chi connectivity index (χ0v) is 13.7. The van der Waals surface area contributed by atoms with Crippen LogP contribution in [-0.4, -0.2) is 25.5 Å². The van der Waals surface area contributed by atoms with Gasteiger partial charge in [0, 0.05) is 30.6 Å². The first kappa shape index (κ1) is 15.9. The zero-order valence-electron chi connectivity index (χ0n) is 13.7. The Bertz CT molecular complexity index is 896. The zero-order chi connectivity index (χ0) is 17.3. The molecule has 0 radical (unpaired) electrons. The fourth-order valence-corrected chi connectivity index (χ4v) is 2.53. The Balaban J connectivity index is 1.78. The molecule has 1 N–H and O–H groups in total. The second-order valence-electron chi connectivity index (χ2n) is 5.68. The molecular weight excluding hydrogens is 309 g/mol. The van der Waals surface area contributed by atoms with E-state index in [4.69, 9.17) is 0 Å². The van der Waals surface area contributed by atoms with Crippen molar-refractivity contribution >= 4 is 11.7 Å². The number of halogens is 1. The van der Waals surface area contributed by atoms with Gasteiger partial charge in [0.05, 0.1) is 17.8 Å². The van der Waals surface area contributed by atoms with Gasteiger partial charge >= 0.3 is 0 Å². The summed E-state index contributed by atoms with van der Waals surface area (Å²) in [7, 11) is 1.76. The Hall–Kier alpha value is -2.96. The normalized spacial score (nSPS) is 10.8. The van der Waals surface area contributed by atoms with E-state index >= 15 is 0 Å². The molecule has 0 aliphatic heterocycles. The van der Waals surface area contributed by atoms with E-state index in [-0.39, 0.29) is 11.7 Å². The highest BCUT2D eigenvalue weighted by atomic mass is 19.1. The van der Waals surface area contributed by atoms with Gasteiger partial charge in [0.1, 0.15) is 5.82 Å². The van der Waals surface area contributed by atoms with Gasteiger partial charge < -0.3 is 5.32 Å². The SMILES string of the molecule is Cc1nn(C)cc1C(=O)Nc1cc(C)n(Cc2ccccc2F)n1. The van der Waals surface area contributed by atoms with Crippen LogP contribution in [0.15, 0.2) is 36.5 Å². The maximum absolute atomic E-state index is 13.8. The molecule has 0 atom stereocenters. The molecule has 124 valence electrons. The summed E-state index contributed by atoms with van der Waals surface area (Å²) in [5, 5.41) is 11.2. The highest BCUT2D eigenvalue weighted by Crippen LogP contribution is 2.15. The standard InChI is InChI=1S/C17H18FN5O/c1-11-8-16(19-17(24)14-10-22(3)20-12(14)2)21-23(11)9-13-6-4-5-7-15(13)18/h4-8,10H,9H2,1-3H3,(H,19,21,24). The monoisotopic (exact) mass is 327 g/mol. The largest absolute Gasteiger partial charge is 0.305 e. The number of amides is 1. The predicted octanol–water partition coefficient (Wildman–Crippen LogP) is 2.67. The van der Waals surface area contributed by atoms with Gasteiger partial charge in [-0.3, -0.25) is 14.2 Å². The van der Waals surface area contributed by atoms with E-state index < -0.39 is 0 Å². The molecule has 2 heterocycles. The highest BCUT2D eigenvalue weighted by molar-refractivity contribution is 6.04. The van der Waals surface area contributed by atoms with Gasteiger partial charge in [0.15, 0.2) is 5.82 Å². The van der Waals surface area contributed by atoms with E-state index in [2.05, 4.69) is 15.5 Å². The van der Waals surface area contributed by atoms with Crippen molar-refractivity contribution in [1.29, 1.82) is 0 Å². The summed E-state index contributed by atoms with van der Waals surface area (Å²) in [4.78, 5) is 12.3. The first-order chi connectivity index (χ1) is 11.4. The van der Waals surface area contributed by atoms with Gasteiger partial charge in [-0.05, 0) is 19.9 Å². The minimum atomic E-state index is -0.274. The number of carbonyl (C=O) groups is 1. The van der Waals surface area contributed by atoms with Crippen LogP contribution in [0.4, 0.5) is 10.2 Å². The van der Waals surface area contributed by atoms with E-state index in [0.29, 0.717) is 29.2 Å². The third-order valence-corrected chi connectivity index (χ3v) is 3.76. The average Bonchev–Trinajstić information content (AvgIpc) is 3.03. The molecule has 0 fully saturated rings. The van der Waals surface area contributed by atoms with Crippen LogP contribution in [0.3, 0.4) is 0 Å². The summed E-state index contributed by atoms with van der Waals surface area (Å²) in [6.07, 6.45) is 1.66. The molecule has 24 heavy (non-hydrogen) atoms. The fourth-order valence-electron chi connectivity index (χ4n) is 2.53. The molecule has 1 amide bonds. The van der Waals surface area contributed by atoms with Crippen LogP contribution in [0.2, 0.25) is 0 Å². The molecule has 0 aliphatic carbocycles. The lowest BCUT2D eigenvalue weighted by atomic mass is 10.2. The van der Waals surface area contributed by atoms with Crippen molar-refractivity contribution in [3.05, 3.63) is 64.9 Å². The molecule has 3 aromatic rings. The molecule has 1 aromatic carbocycles. The summed E-state index contributed by atoms with van der Waals surface area (Å²) in [5.74, 6) is -0.114. The molecule has 0 bridgehead atoms. The Kier molecular flexibility index (Phi) is 4.16. The van der Waals surface area contributed by atoms with E-state index in [9.17, 15) is 9.18 Å². The first-order valence-corrected chi connectivity index (χ1v) is 7.53. The number of hydrogen-bond donors (Lipinski definition) is 1. The van der Waals surface area contributed by atoms with E-state index in [1.807, 2.05) is 6.92 Å². The Morgan fingerprint density at radius 2 is 2.00 bits per heavy atom. The van der Waals surface area contributed by atoms with E-state index in [1.165, 1.54) is 6.07 Å². The third kappa shape index (κ3) is 3.19. The molecule has 0 spiro atoms. The number of rotatable bonds is 4. The van der Waals surface area contributed by atoms with Crippen LogP contribution in [0.5, 0.6) is 0 Å². The van der Waals surface area contributed by atoms with Gasteiger partial charge in [-0.1, -0.05) is 18.2 Å². The summed E-state index contributed by atoms with van der Waals surface area (Å²) < 4.78 is 17.0. The lowest BCUT2D eigenvalue weighted by Crippen LogP contribution is -2.13. The van der Waals surface area contributed by atoms with Gasteiger partial charge in [-0.15, -0.1) is 0 Å². The van der Waals surface area contributed by atoms with Crippen molar-refractivity contribution in [2.75, 3.05) is 5.32 Å².